The van der Waals surface area contributed by atoms with Crippen LogP contribution >= 0.6 is 0 Å². The van der Waals surface area contributed by atoms with Crippen LogP contribution in [0.5, 0.6) is 0 Å². The van der Waals surface area contributed by atoms with E-state index in [-0.39, 0.29) is 24.2 Å². The van der Waals surface area contributed by atoms with Gasteiger partial charge in [0, 0.05) is 13.7 Å². The van der Waals surface area contributed by atoms with Crippen molar-refractivity contribution < 1.29 is 23.7 Å². The Hall–Kier alpha value is -3.58. The Morgan fingerprint density at radius 1 is 0.565 bits per heavy atom. The Kier molecular flexibility index (Phi) is 11.8. The van der Waals surface area contributed by atoms with Gasteiger partial charge in [0.05, 0.1) is 39.1 Å². The second-order valence-corrected chi connectivity index (χ2v) is 12.5. The van der Waals surface area contributed by atoms with E-state index in [1.54, 1.807) is 7.11 Å². The van der Waals surface area contributed by atoms with Gasteiger partial charge in [-0.15, -0.1) is 0 Å². The van der Waals surface area contributed by atoms with E-state index in [2.05, 4.69) is 84.9 Å². The lowest BCUT2D eigenvalue weighted by molar-refractivity contribution is -0.188. The van der Waals surface area contributed by atoms with Gasteiger partial charge in [0.25, 0.3) is 0 Å². The van der Waals surface area contributed by atoms with Crippen LogP contribution in [0, 0.1) is 23.7 Å². The molecule has 4 aromatic rings. The highest BCUT2D eigenvalue weighted by Gasteiger charge is 2.52. The number of fused-ring (bicyclic) bond motifs is 2. The highest BCUT2D eigenvalue weighted by Crippen LogP contribution is 2.51. The third-order valence-corrected chi connectivity index (χ3v) is 9.39. The first-order valence-corrected chi connectivity index (χ1v) is 16.5. The zero-order chi connectivity index (χ0) is 31.4. The molecular formula is C41H46O5. The molecule has 0 heterocycles. The Bertz CT molecular complexity index is 1450. The summed E-state index contributed by atoms with van der Waals surface area (Å²) in [5.41, 5.74) is 4.49. The Morgan fingerprint density at radius 2 is 1.04 bits per heavy atom. The van der Waals surface area contributed by atoms with Crippen molar-refractivity contribution in [1.82, 2.24) is 0 Å². The molecule has 0 aromatic heterocycles. The maximum absolute atomic E-state index is 7.04. The summed E-state index contributed by atoms with van der Waals surface area (Å²) in [5.74, 6) is 1.43. The molecule has 240 valence electrons. The summed E-state index contributed by atoms with van der Waals surface area (Å²) in [7, 11) is 1.80. The largest absolute Gasteiger partial charge is 0.384 e. The standard InChI is InChI=1S/C41H46O5/c1-42-29-37-35-22-23-36(24-35)39(37)41(46-28-34-20-12-5-13-21-34)40(45-27-33-18-10-4-11-19-33)38(44-26-32-16-8-3-9-17-32)30-43-25-31-14-6-2-7-15-31/h2-23,35-41H,24-30H2,1H3/t35-,36+,37-,38+,39-,40+,41+/m0/s1. The fourth-order valence-electron chi connectivity index (χ4n) is 7.13. The Morgan fingerprint density at radius 3 is 1.59 bits per heavy atom. The van der Waals surface area contributed by atoms with Gasteiger partial charge in [0.15, 0.2) is 0 Å². The molecular weight excluding hydrogens is 572 g/mol. The number of methoxy groups -OCH3 is 1. The number of rotatable bonds is 18. The molecule has 4 aromatic carbocycles. The molecule has 6 rings (SSSR count). The lowest BCUT2D eigenvalue weighted by Gasteiger charge is -2.41. The van der Waals surface area contributed by atoms with Crippen LogP contribution in [0.2, 0.25) is 0 Å². The highest BCUT2D eigenvalue weighted by molar-refractivity contribution is 5.19. The molecule has 1 saturated carbocycles. The number of hydrogen-bond donors (Lipinski definition) is 0. The molecule has 7 atom stereocenters. The second kappa shape index (κ2) is 16.8. The van der Waals surface area contributed by atoms with E-state index in [4.69, 9.17) is 23.7 Å². The molecule has 0 spiro atoms. The summed E-state index contributed by atoms with van der Waals surface area (Å²) in [5, 5.41) is 0. The molecule has 2 bridgehead atoms. The normalized spacial score (nSPS) is 22.1. The van der Waals surface area contributed by atoms with Gasteiger partial charge in [-0.25, -0.2) is 0 Å². The van der Waals surface area contributed by atoms with Crippen LogP contribution in [0.4, 0.5) is 0 Å². The SMILES string of the molecule is COC[C@@H]1[C@@H]([C@@H](OCc2ccccc2)[C@H](OCc2ccccc2)[C@@H](COCc2ccccc2)OCc2ccccc2)[C@@H]2C=C[C@H]1C2. The van der Waals surface area contributed by atoms with E-state index in [1.165, 1.54) is 0 Å². The quantitative estimate of drug-likeness (QED) is 0.106. The molecule has 2 aliphatic rings. The van der Waals surface area contributed by atoms with Crippen molar-refractivity contribution >= 4 is 0 Å². The van der Waals surface area contributed by atoms with E-state index in [0.29, 0.717) is 57.4 Å². The van der Waals surface area contributed by atoms with Crippen molar-refractivity contribution in [3.05, 3.63) is 156 Å². The van der Waals surface area contributed by atoms with Crippen molar-refractivity contribution in [2.45, 2.75) is 51.2 Å². The lowest BCUT2D eigenvalue weighted by Crippen LogP contribution is -2.51. The van der Waals surface area contributed by atoms with Gasteiger partial charge in [-0.05, 0) is 52.3 Å². The zero-order valence-corrected chi connectivity index (χ0v) is 26.7. The van der Waals surface area contributed by atoms with Crippen molar-refractivity contribution in [1.29, 1.82) is 0 Å². The van der Waals surface area contributed by atoms with Gasteiger partial charge in [-0.2, -0.15) is 0 Å². The third-order valence-electron chi connectivity index (χ3n) is 9.39. The van der Waals surface area contributed by atoms with E-state index in [0.717, 1.165) is 28.7 Å². The molecule has 5 nitrogen and oxygen atoms in total. The summed E-state index contributed by atoms with van der Waals surface area (Å²) in [6.07, 6.45) is 4.88. The van der Waals surface area contributed by atoms with Crippen LogP contribution < -0.4 is 0 Å². The molecule has 0 amide bonds. The molecule has 1 fully saturated rings. The fourth-order valence-corrected chi connectivity index (χ4v) is 7.13. The molecule has 5 heteroatoms. The second-order valence-electron chi connectivity index (χ2n) is 12.5. The molecule has 2 aliphatic carbocycles. The van der Waals surface area contributed by atoms with Gasteiger partial charge >= 0.3 is 0 Å². The molecule has 0 N–H and O–H groups in total. The van der Waals surface area contributed by atoms with Gasteiger partial charge < -0.3 is 23.7 Å². The number of allylic oxidation sites excluding steroid dienone is 2. The van der Waals surface area contributed by atoms with E-state index in [9.17, 15) is 0 Å². The predicted molar refractivity (Wildman–Crippen MR) is 181 cm³/mol. The minimum absolute atomic E-state index is 0.219. The number of ether oxygens (including phenoxy) is 5. The zero-order valence-electron chi connectivity index (χ0n) is 26.7. The van der Waals surface area contributed by atoms with E-state index >= 15 is 0 Å². The van der Waals surface area contributed by atoms with E-state index in [1.807, 2.05) is 48.5 Å². The van der Waals surface area contributed by atoms with Crippen LogP contribution in [-0.2, 0) is 50.1 Å². The van der Waals surface area contributed by atoms with Crippen molar-refractivity contribution in [3.8, 4) is 0 Å². The van der Waals surface area contributed by atoms with Gasteiger partial charge in [-0.3, -0.25) is 0 Å². The molecule has 0 unspecified atom stereocenters. The summed E-state index contributed by atoms with van der Waals surface area (Å²) in [6, 6.07) is 41.4. The minimum atomic E-state index is -0.388. The molecule has 0 radical (unpaired) electrons. The van der Waals surface area contributed by atoms with Gasteiger partial charge in [-0.1, -0.05) is 133 Å². The molecule has 0 saturated heterocycles. The van der Waals surface area contributed by atoms with Crippen molar-refractivity contribution in [3.63, 3.8) is 0 Å². The average Bonchev–Trinajstić information content (AvgIpc) is 3.72. The lowest BCUT2D eigenvalue weighted by atomic mass is 9.77. The molecule has 46 heavy (non-hydrogen) atoms. The fraction of sp³-hybridized carbons (Fsp3) is 0.366. The maximum atomic E-state index is 7.04. The van der Waals surface area contributed by atoms with Crippen LogP contribution in [0.1, 0.15) is 28.7 Å². The minimum Gasteiger partial charge on any atom is -0.384 e. The van der Waals surface area contributed by atoms with Gasteiger partial charge in [0.1, 0.15) is 12.2 Å². The summed E-state index contributed by atoms with van der Waals surface area (Å²) in [6.45, 7) is 2.95. The van der Waals surface area contributed by atoms with Gasteiger partial charge in [0.2, 0.25) is 0 Å². The predicted octanol–water partition coefficient (Wildman–Crippen LogP) is 8.04. The Labute approximate surface area is 274 Å². The van der Waals surface area contributed by atoms with E-state index < -0.39 is 0 Å². The van der Waals surface area contributed by atoms with Crippen LogP contribution in [-0.4, -0.2) is 38.6 Å². The summed E-state index contributed by atoms with van der Waals surface area (Å²) >= 11 is 0. The smallest absolute Gasteiger partial charge is 0.113 e. The topological polar surface area (TPSA) is 46.2 Å². The highest BCUT2D eigenvalue weighted by atomic mass is 16.6. The van der Waals surface area contributed by atoms with Crippen LogP contribution in [0.25, 0.3) is 0 Å². The first-order valence-electron chi connectivity index (χ1n) is 16.5. The first kappa shape index (κ1) is 32.4. The van der Waals surface area contributed by atoms with Crippen molar-refractivity contribution in [2.75, 3.05) is 20.3 Å². The average molecular weight is 619 g/mol. The Balaban J connectivity index is 1.33. The summed E-state index contributed by atoms with van der Waals surface area (Å²) < 4.78 is 33.1. The first-order chi connectivity index (χ1) is 22.8. The number of benzene rings is 4. The third kappa shape index (κ3) is 8.61. The monoisotopic (exact) mass is 618 g/mol. The van der Waals surface area contributed by atoms with Crippen LogP contribution in [0.15, 0.2) is 133 Å². The number of hydrogen-bond acceptors (Lipinski definition) is 5. The molecule has 0 aliphatic heterocycles. The summed E-state index contributed by atoms with van der Waals surface area (Å²) in [4.78, 5) is 0. The van der Waals surface area contributed by atoms with Crippen molar-refractivity contribution in [2.24, 2.45) is 23.7 Å². The maximum Gasteiger partial charge on any atom is 0.113 e. The van der Waals surface area contributed by atoms with Crippen LogP contribution in [0.3, 0.4) is 0 Å².